The summed E-state index contributed by atoms with van der Waals surface area (Å²) in [6.45, 7) is 3.60. The lowest BCUT2D eigenvalue weighted by Gasteiger charge is -2.28. The molecular formula is C19H24N4O2. The summed E-state index contributed by atoms with van der Waals surface area (Å²) < 4.78 is 5.37. The van der Waals surface area contributed by atoms with Gasteiger partial charge in [-0.15, -0.1) is 0 Å². The van der Waals surface area contributed by atoms with Gasteiger partial charge in [-0.25, -0.2) is 4.98 Å². The van der Waals surface area contributed by atoms with E-state index in [-0.39, 0.29) is 18.4 Å². The average Bonchev–Trinajstić information content (AvgIpc) is 2.68. The molecule has 0 radical (unpaired) electrons. The zero-order valence-corrected chi connectivity index (χ0v) is 14.2. The number of carbonyl (C=O) groups is 1. The Balaban J connectivity index is 1.52. The van der Waals surface area contributed by atoms with E-state index in [1.54, 1.807) is 6.20 Å². The maximum atomic E-state index is 12.2. The molecule has 3 rings (SSSR count). The van der Waals surface area contributed by atoms with Gasteiger partial charge in [-0.05, 0) is 23.3 Å². The van der Waals surface area contributed by atoms with Crippen molar-refractivity contribution >= 4 is 11.7 Å². The van der Waals surface area contributed by atoms with Gasteiger partial charge in [0, 0.05) is 38.3 Å². The summed E-state index contributed by atoms with van der Waals surface area (Å²) in [5.74, 6) is 0.872. The van der Waals surface area contributed by atoms with Crippen LogP contribution in [-0.2, 0) is 16.1 Å². The third-order valence-corrected chi connectivity index (χ3v) is 4.27. The molecule has 0 aliphatic carbocycles. The highest BCUT2D eigenvalue weighted by Gasteiger charge is 2.14. The zero-order chi connectivity index (χ0) is 17.5. The first kappa shape index (κ1) is 17.4. The molecule has 25 heavy (non-hydrogen) atoms. The summed E-state index contributed by atoms with van der Waals surface area (Å²) in [4.78, 5) is 18.8. The fourth-order valence-electron chi connectivity index (χ4n) is 2.83. The molecule has 1 aromatic heterocycles. The van der Waals surface area contributed by atoms with Gasteiger partial charge in [-0.3, -0.25) is 4.79 Å². The zero-order valence-electron chi connectivity index (χ0n) is 14.2. The van der Waals surface area contributed by atoms with Gasteiger partial charge in [-0.1, -0.05) is 30.3 Å². The third-order valence-electron chi connectivity index (χ3n) is 4.27. The predicted molar refractivity (Wildman–Crippen MR) is 97.1 cm³/mol. The molecule has 1 aliphatic heterocycles. The fraction of sp³-hybridized carbons (Fsp3) is 0.368. The largest absolute Gasteiger partial charge is 0.378 e. The second-order valence-electron chi connectivity index (χ2n) is 6.12. The molecule has 1 unspecified atom stereocenters. The van der Waals surface area contributed by atoms with Crippen molar-refractivity contribution in [2.75, 3.05) is 31.2 Å². The minimum absolute atomic E-state index is 0.0545. The van der Waals surface area contributed by atoms with Crippen LogP contribution in [0.1, 0.15) is 23.6 Å². The van der Waals surface area contributed by atoms with Gasteiger partial charge in [0.1, 0.15) is 5.82 Å². The number of anilines is 1. The lowest BCUT2D eigenvalue weighted by molar-refractivity contribution is -0.121. The number of rotatable bonds is 6. The van der Waals surface area contributed by atoms with Crippen molar-refractivity contribution in [2.45, 2.75) is 19.0 Å². The Kier molecular flexibility index (Phi) is 5.98. The molecule has 2 aromatic rings. The summed E-state index contributed by atoms with van der Waals surface area (Å²) in [5, 5.41) is 2.94. The van der Waals surface area contributed by atoms with Crippen LogP contribution in [0.3, 0.4) is 0 Å². The van der Waals surface area contributed by atoms with Crippen molar-refractivity contribution in [3.05, 3.63) is 59.8 Å². The highest BCUT2D eigenvalue weighted by molar-refractivity contribution is 5.76. The minimum atomic E-state index is -0.289. The van der Waals surface area contributed by atoms with Crippen LogP contribution < -0.4 is 16.0 Å². The first-order chi connectivity index (χ1) is 12.2. The number of nitrogens with two attached hydrogens (primary N) is 1. The molecule has 1 aromatic carbocycles. The molecule has 1 atom stereocenters. The molecule has 0 saturated carbocycles. The van der Waals surface area contributed by atoms with E-state index in [1.165, 1.54) is 0 Å². The number of benzene rings is 1. The summed E-state index contributed by atoms with van der Waals surface area (Å²) >= 11 is 0. The van der Waals surface area contributed by atoms with E-state index < -0.39 is 0 Å². The van der Waals surface area contributed by atoms with E-state index in [2.05, 4.69) is 15.2 Å². The normalized spacial score (nSPS) is 15.6. The van der Waals surface area contributed by atoms with E-state index in [9.17, 15) is 4.79 Å². The third kappa shape index (κ3) is 5.01. The van der Waals surface area contributed by atoms with Gasteiger partial charge < -0.3 is 20.7 Å². The highest BCUT2D eigenvalue weighted by Crippen LogP contribution is 2.15. The minimum Gasteiger partial charge on any atom is -0.378 e. The van der Waals surface area contributed by atoms with E-state index in [0.717, 1.165) is 43.2 Å². The van der Waals surface area contributed by atoms with Gasteiger partial charge in [0.2, 0.25) is 5.91 Å². The Hall–Kier alpha value is -2.44. The van der Waals surface area contributed by atoms with Crippen molar-refractivity contribution in [3.63, 3.8) is 0 Å². The van der Waals surface area contributed by atoms with Gasteiger partial charge in [0.15, 0.2) is 0 Å². The van der Waals surface area contributed by atoms with Crippen molar-refractivity contribution in [1.82, 2.24) is 10.3 Å². The summed E-state index contributed by atoms with van der Waals surface area (Å²) in [6, 6.07) is 13.3. The van der Waals surface area contributed by atoms with E-state index in [1.807, 2.05) is 42.5 Å². The van der Waals surface area contributed by atoms with Gasteiger partial charge in [0.25, 0.3) is 0 Å². The van der Waals surface area contributed by atoms with Crippen LogP contribution >= 0.6 is 0 Å². The molecule has 3 N–H and O–H groups in total. The van der Waals surface area contributed by atoms with Crippen LogP contribution in [0.5, 0.6) is 0 Å². The molecule has 6 nitrogen and oxygen atoms in total. The standard InChI is InChI=1S/C19H24N4O2/c20-17(16-4-2-1-3-5-16)13-19(24)22-14-15-6-7-21-18(12-15)23-8-10-25-11-9-23/h1-7,12,17H,8-11,13-14,20H2,(H,22,24). The molecule has 6 heteroatoms. The Bertz CT molecular complexity index is 687. The molecule has 1 fully saturated rings. The van der Waals surface area contributed by atoms with Crippen LogP contribution in [-0.4, -0.2) is 37.2 Å². The Labute approximate surface area is 148 Å². The van der Waals surface area contributed by atoms with Crippen LogP contribution in [0.15, 0.2) is 48.7 Å². The Morgan fingerprint density at radius 1 is 1.24 bits per heavy atom. The monoisotopic (exact) mass is 340 g/mol. The van der Waals surface area contributed by atoms with Gasteiger partial charge in [-0.2, -0.15) is 0 Å². The number of carbonyl (C=O) groups excluding carboxylic acids is 1. The smallest absolute Gasteiger partial charge is 0.222 e. The van der Waals surface area contributed by atoms with Crippen LogP contribution in [0.4, 0.5) is 5.82 Å². The number of amides is 1. The van der Waals surface area contributed by atoms with Crippen molar-refractivity contribution in [3.8, 4) is 0 Å². The van der Waals surface area contributed by atoms with E-state index in [0.29, 0.717) is 6.54 Å². The summed E-state index contributed by atoms with van der Waals surface area (Å²) in [6.07, 6.45) is 2.05. The number of hydrogen-bond acceptors (Lipinski definition) is 5. The molecule has 2 heterocycles. The number of morpholine rings is 1. The van der Waals surface area contributed by atoms with Crippen LogP contribution in [0, 0.1) is 0 Å². The fourth-order valence-corrected chi connectivity index (χ4v) is 2.83. The summed E-state index contributed by atoms with van der Waals surface area (Å²) in [5.41, 5.74) is 8.09. The highest BCUT2D eigenvalue weighted by atomic mass is 16.5. The number of nitrogens with one attached hydrogen (secondary N) is 1. The quantitative estimate of drug-likeness (QED) is 0.835. The molecule has 1 aliphatic rings. The number of hydrogen-bond donors (Lipinski definition) is 2. The molecule has 0 spiro atoms. The molecule has 1 saturated heterocycles. The number of ether oxygens (including phenoxy) is 1. The molecule has 1 amide bonds. The average molecular weight is 340 g/mol. The van der Waals surface area contributed by atoms with Gasteiger partial charge in [0.05, 0.1) is 13.2 Å². The Morgan fingerprint density at radius 2 is 2.00 bits per heavy atom. The lowest BCUT2D eigenvalue weighted by Crippen LogP contribution is -2.36. The van der Waals surface area contributed by atoms with Crippen molar-refractivity contribution < 1.29 is 9.53 Å². The molecule has 132 valence electrons. The lowest BCUT2D eigenvalue weighted by atomic mass is 10.0. The molecule has 0 bridgehead atoms. The van der Waals surface area contributed by atoms with E-state index in [4.69, 9.17) is 10.5 Å². The predicted octanol–water partition coefficient (Wildman–Crippen LogP) is 1.62. The molecular weight excluding hydrogens is 316 g/mol. The summed E-state index contributed by atoms with van der Waals surface area (Å²) in [7, 11) is 0. The maximum absolute atomic E-state index is 12.2. The van der Waals surface area contributed by atoms with Crippen molar-refractivity contribution in [1.29, 1.82) is 0 Å². The second kappa shape index (κ2) is 8.60. The van der Waals surface area contributed by atoms with Crippen molar-refractivity contribution in [2.24, 2.45) is 5.73 Å². The first-order valence-electron chi connectivity index (χ1n) is 8.57. The second-order valence-corrected chi connectivity index (χ2v) is 6.12. The number of nitrogens with zero attached hydrogens (tertiary/aromatic N) is 2. The van der Waals surface area contributed by atoms with Crippen LogP contribution in [0.25, 0.3) is 0 Å². The van der Waals surface area contributed by atoms with E-state index >= 15 is 0 Å². The van der Waals surface area contributed by atoms with Gasteiger partial charge >= 0.3 is 0 Å². The SMILES string of the molecule is NC(CC(=O)NCc1ccnc(N2CCOCC2)c1)c1ccccc1. The maximum Gasteiger partial charge on any atom is 0.222 e. The number of pyridine rings is 1. The topological polar surface area (TPSA) is 80.5 Å². The van der Waals surface area contributed by atoms with Crippen LogP contribution in [0.2, 0.25) is 0 Å². The Morgan fingerprint density at radius 3 is 2.76 bits per heavy atom. The first-order valence-corrected chi connectivity index (χ1v) is 8.57. The number of aromatic nitrogens is 1.